The number of carbonyl (C=O) groups excluding carboxylic acids is 1. The topological polar surface area (TPSA) is 47.6 Å². The quantitative estimate of drug-likeness (QED) is 0.803. The van der Waals surface area contributed by atoms with E-state index in [1.165, 1.54) is 24.3 Å². The molecule has 0 aliphatic carbocycles. The van der Waals surface area contributed by atoms with Crippen LogP contribution in [0.4, 0.5) is 17.6 Å². The summed E-state index contributed by atoms with van der Waals surface area (Å²) in [6.07, 6.45) is -4.08. The van der Waals surface area contributed by atoms with Crippen molar-refractivity contribution in [1.82, 2.24) is 5.32 Å². The van der Waals surface area contributed by atoms with Gasteiger partial charge in [0, 0.05) is 12.1 Å². The summed E-state index contributed by atoms with van der Waals surface area (Å²) < 4.78 is 61.8. The number of halogens is 4. The summed E-state index contributed by atoms with van der Waals surface area (Å²) >= 11 is 0. The van der Waals surface area contributed by atoms with Crippen LogP contribution in [-0.4, -0.2) is 19.2 Å². The molecule has 0 radical (unpaired) electrons. The van der Waals surface area contributed by atoms with Gasteiger partial charge in [-0.2, -0.15) is 13.2 Å². The van der Waals surface area contributed by atoms with Crippen LogP contribution < -0.4 is 10.1 Å². The molecule has 2 aromatic carbocycles. The van der Waals surface area contributed by atoms with Gasteiger partial charge in [0.1, 0.15) is 11.6 Å². The number of ether oxygens (including phenoxy) is 2. The highest BCUT2D eigenvalue weighted by Gasteiger charge is 2.30. The first-order chi connectivity index (χ1) is 12.8. The smallest absolute Gasteiger partial charge is 0.416 e. The number of hydrogen-bond donors (Lipinski definition) is 1. The van der Waals surface area contributed by atoms with Crippen LogP contribution in [0.1, 0.15) is 22.3 Å². The number of rotatable bonds is 5. The van der Waals surface area contributed by atoms with Gasteiger partial charge < -0.3 is 14.8 Å². The standard InChI is InChI=1S/C19H17F4NO3/c20-16-8-13(18-14(9-16)10-26-11-27-18)5-6-24-17(25)7-12-1-3-15(4-2-12)19(21,22)23/h1-4,8-9H,5-7,10-11H2,(H,24,25). The van der Waals surface area contributed by atoms with Crippen LogP contribution in [0.25, 0.3) is 0 Å². The molecule has 3 rings (SSSR count). The summed E-state index contributed by atoms with van der Waals surface area (Å²) in [6, 6.07) is 7.15. The Morgan fingerprint density at radius 2 is 1.89 bits per heavy atom. The molecule has 1 aliphatic heterocycles. The van der Waals surface area contributed by atoms with Crippen LogP contribution in [0.2, 0.25) is 0 Å². The molecule has 1 aliphatic rings. The third kappa shape index (κ3) is 4.97. The van der Waals surface area contributed by atoms with Crippen molar-refractivity contribution in [3.63, 3.8) is 0 Å². The van der Waals surface area contributed by atoms with Gasteiger partial charge in [0.2, 0.25) is 5.91 Å². The zero-order valence-electron chi connectivity index (χ0n) is 14.2. The van der Waals surface area contributed by atoms with Crippen LogP contribution in [0.5, 0.6) is 5.75 Å². The van der Waals surface area contributed by atoms with Gasteiger partial charge in [0.15, 0.2) is 6.79 Å². The average molecular weight is 383 g/mol. The van der Waals surface area contributed by atoms with Crippen molar-refractivity contribution in [3.8, 4) is 5.75 Å². The van der Waals surface area contributed by atoms with Crippen LogP contribution in [0.3, 0.4) is 0 Å². The molecule has 2 aromatic rings. The van der Waals surface area contributed by atoms with Gasteiger partial charge in [0.05, 0.1) is 18.6 Å². The summed E-state index contributed by atoms with van der Waals surface area (Å²) in [5.74, 6) is -0.169. The highest BCUT2D eigenvalue weighted by molar-refractivity contribution is 5.78. The van der Waals surface area contributed by atoms with Crippen LogP contribution >= 0.6 is 0 Å². The molecule has 0 atom stereocenters. The zero-order chi connectivity index (χ0) is 19.4. The number of alkyl halides is 3. The Hall–Kier alpha value is -2.61. The molecular weight excluding hydrogens is 366 g/mol. The van der Waals surface area contributed by atoms with Crippen molar-refractivity contribution >= 4 is 5.91 Å². The van der Waals surface area contributed by atoms with Gasteiger partial charge in [0.25, 0.3) is 0 Å². The van der Waals surface area contributed by atoms with E-state index in [9.17, 15) is 22.4 Å². The molecule has 0 fully saturated rings. The van der Waals surface area contributed by atoms with E-state index in [-0.39, 0.29) is 32.3 Å². The maximum absolute atomic E-state index is 13.7. The van der Waals surface area contributed by atoms with E-state index >= 15 is 0 Å². The minimum absolute atomic E-state index is 0.0380. The summed E-state index contributed by atoms with van der Waals surface area (Å²) in [5.41, 5.74) is 0.964. The molecule has 27 heavy (non-hydrogen) atoms. The van der Waals surface area contributed by atoms with Crippen molar-refractivity contribution in [1.29, 1.82) is 0 Å². The Bertz CT molecular complexity index is 819. The number of benzene rings is 2. The number of nitrogens with one attached hydrogen (secondary N) is 1. The first-order valence-corrected chi connectivity index (χ1v) is 8.27. The summed E-state index contributed by atoms with van der Waals surface area (Å²) in [7, 11) is 0. The molecule has 1 heterocycles. The molecule has 8 heteroatoms. The van der Waals surface area contributed by atoms with Crippen molar-refractivity contribution in [3.05, 3.63) is 64.5 Å². The second-order valence-electron chi connectivity index (χ2n) is 6.14. The fraction of sp³-hybridized carbons (Fsp3) is 0.316. The SMILES string of the molecule is O=C(Cc1ccc(C(F)(F)F)cc1)NCCc1cc(F)cc2c1OCOC2. The van der Waals surface area contributed by atoms with Gasteiger partial charge >= 0.3 is 6.18 Å². The van der Waals surface area contributed by atoms with E-state index in [4.69, 9.17) is 9.47 Å². The number of amides is 1. The predicted octanol–water partition coefficient (Wildman–Crippen LogP) is 3.61. The van der Waals surface area contributed by atoms with Crippen molar-refractivity contribution in [2.75, 3.05) is 13.3 Å². The first kappa shape index (κ1) is 19.2. The molecule has 1 N–H and O–H groups in total. The van der Waals surface area contributed by atoms with E-state index < -0.39 is 17.6 Å². The fourth-order valence-corrected chi connectivity index (χ4v) is 2.84. The molecule has 0 spiro atoms. The molecule has 0 saturated heterocycles. The van der Waals surface area contributed by atoms with Crippen LogP contribution in [0.15, 0.2) is 36.4 Å². The van der Waals surface area contributed by atoms with Crippen molar-refractivity contribution in [2.24, 2.45) is 0 Å². The number of fused-ring (bicyclic) bond motifs is 1. The molecule has 0 unspecified atom stereocenters. The van der Waals surface area contributed by atoms with Crippen LogP contribution in [-0.2, 0) is 35.2 Å². The molecule has 1 amide bonds. The third-order valence-corrected chi connectivity index (χ3v) is 4.11. The molecule has 144 valence electrons. The fourth-order valence-electron chi connectivity index (χ4n) is 2.84. The maximum atomic E-state index is 13.7. The number of carbonyl (C=O) groups is 1. The lowest BCUT2D eigenvalue weighted by atomic mass is 10.0. The molecule has 0 saturated carbocycles. The molecular formula is C19H17F4NO3. The largest absolute Gasteiger partial charge is 0.467 e. The normalized spacial score (nSPS) is 13.6. The summed E-state index contributed by atoms with van der Waals surface area (Å²) in [6.45, 7) is 0.603. The van der Waals surface area contributed by atoms with E-state index in [0.29, 0.717) is 28.9 Å². The van der Waals surface area contributed by atoms with E-state index in [0.717, 1.165) is 12.1 Å². The Morgan fingerprint density at radius 1 is 1.15 bits per heavy atom. The molecule has 0 bridgehead atoms. The van der Waals surface area contributed by atoms with Gasteiger partial charge in [-0.05, 0) is 41.8 Å². The second-order valence-corrected chi connectivity index (χ2v) is 6.14. The Morgan fingerprint density at radius 3 is 2.59 bits per heavy atom. The molecule has 0 aromatic heterocycles. The highest BCUT2D eigenvalue weighted by atomic mass is 19.4. The second kappa shape index (κ2) is 7.96. The van der Waals surface area contributed by atoms with Gasteiger partial charge in [-0.3, -0.25) is 4.79 Å². The van der Waals surface area contributed by atoms with Crippen molar-refractivity contribution < 1.29 is 31.8 Å². The average Bonchev–Trinajstić information content (AvgIpc) is 2.61. The van der Waals surface area contributed by atoms with Crippen molar-refractivity contribution in [2.45, 2.75) is 25.6 Å². The van der Waals surface area contributed by atoms with Gasteiger partial charge in [-0.15, -0.1) is 0 Å². The predicted molar refractivity (Wildman–Crippen MR) is 88.5 cm³/mol. The first-order valence-electron chi connectivity index (χ1n) is 8.27. The molecule has 4 nitrogen and oxygen atoms in total. The lowest BCUT2D eigenvalue weighted by Gasteiger charge is -2.21. The van der Waals surface area contributed by atoms with E-state index in [2.05, 4.69) is 5.32 Å². The highest BCUT2D eigenvalue weighted by Crippen LogP contribution is 2.30. The number of hydrogen-bond acceptors (Lipinski definition) is 3. The monoisotopic (exact) mass is 383 g/mol. The lowest BCUT2D eigenvalue weighted by Crippen LogP contribution is -2.27. The van der Waals surface area contributed by atoms with E-state index in [1.54, 1.807) is 0 Å². The minimum atomic E-state index is -4.40. The van der Waals surface area contributed by atoms with Gasteiger partial charge in [-0.25, -0.2) is 4.39 Å². The minimum Gasteiger partial charge on any atom is -0.467 e. The Kier molecular flexibility index (Phi) is 5.65. The zero-order valence-corrected chi connectivity index (χ0v) is 14.2. The van der Waals surface area contributed by atoms with Crippen LogP contribution in [0, 0.1) is 5.82 Å². The Balaban J connectivity index is 1.54. The van der Waals surface area contributed by atoms with Gasteiger partial charge in [-0.1, -0.05) is 12.1 Å². The summed E-state index contributed by atoms with van der Waals surface area (Å²) in [4.78, 5) is 12.0. The maximum Gasteiger partial charge on any atom is 0.416 e. The Labute approximate surface area is 153 Å². The lowest BCUT2D eigenvalue weighted by molar-refractivity contribution is -0.137. The summed E-state index contributed by atoms with van der Waals surface area (Å²) in [5, 5.41) is 2.68. The van der Waals surface area contributed by atoms with E-state index in [1.807, 2.05) is 0 Å². The third-order valence-electron chi connectivity index (χ3n) is 4.11.